The van der Waals surface area contributed by atoms with Gasteiger partial charge in [-0.25, -0.2) is 0 Å². The van der Waals surface area contributed by atoms with Gasteiger partial charge in [0.05, 0.1) is 58.0 Å². The number of fused-ring (bicyclic) bond motifs is 1. The van der Waals surface area contributed by atoms with Crippen LogP contribution in [0.15, 0.2) is 24.3 Å². The van der Waals surface area contributed by atoms with Crippen LogP contribution in [-0.4, -0.2) is 71.2 Å². The Morgan fingerprint density at radius 1 is 0.700 bits per heavy atom. The van der Waals surface area contributed by atoms with E-state index in [1.54, 1.807) is 0 Å². The highest BCUT2D eigenvalue weighted by molar-refractivity contribution is 7.53. The average Bonchev–Trinajstić information content (AvgIpc) is 2.90. The third kappa shape index (κ3) is 16.8. The molecule has 0 N–H and O–H groups in total. The normalized spacial score (nSPS) is 16.4. The molecule has 0 aliphatic carbocycles. The molecule has 1 aliphatic rings. The number of hydrogen-bond acceptors (Lipinski definition) is 8. The molecule has 1 heterocycles. The van der Waals surface area contributed by atoms with Crippen LogP contribution in [0.2, 0.25) is 0 Å². The topological polar surface area (TPSA) is 81.7 Å². The summed E-state index contributed by atoms with van der Waals surface area (Å²) in [5.74, 6) is 1.44. The Labute approximate surface area is 242 Å². The molecule has 0 saturated carbocycles. The van der Waals surface area contributed by atoms with Crippen molar-refractivity contribution in [3.8, 4) is 11.5 Å². The lowest BCUT2D eigenvalue weighted by atomic mass is 10.1. The maximum absolute atomic E-state index is 12.9. The van der Waals surface area contributed by atoms with Crippen LogP contribution in [0.3, 0.4) is 0 Å². The van der Waals surface area contributed by atoms with Gasteiger partial charge in [0.2, 0.25) is 0 Å². The minimum absolute atomic E-state index is 0.0909. The first-order valence-electron chi connectivity index (χ1n) is 15.1. The Morgan fingerprint density at radius 2 is 1.20 bits per heavy atom. The van der Waals surface area contributed by atoms with E-state index in [1.165, 1.54) is 25.7 Å². The monoisotopic (exact) mass is 584 g/mol. The summed E-state index contributed by atoms with van der Waals surface area (Å²) in [6.07, 6.45) is 13.6. The van der Waals surface area contributed by atoms with Crippen molar-refractivity contribution in [3.63, 3.8) is 0 Å². The second-order valence-electron chi connectivity index (χ2n) is 10.5. The fraction of sp³-hybridized carbons (Fsp3) is 0.742. The second kappa shape index (κ2) is 21.3. The van der Waals surface area contributed by atoms with Crippen molar-refractivity contribution in [1.82, 2.24) is 0 Å². The molecule has 0 bridgehead atoms. The van der Waals surface area contributed by atoms with Crippen molar-refractivity contribution in [3.05, 3.63) is 29.8 Å². The maximum Gasteiger partial charge on any atom is 0.331 e. The summed E-state index contributed by atoms with van der Waals surface area (Å²) in [4.78, 5) is 0. The van der Waals surface area contributed by atoms with Gasteiger partial charge in [0, 0.05) is 0 Å². The molecular weight excluding hydrogens is 531 g/mol. The molecule has 9 heteroatoms. The summed E-state index contributed by atoms with van der Waals surface area (Å²) in [5.41, 5.74) is 1.09. The van der Waals surface area contributed by atoms with E-state index in [0.717, 1.165) is 42.7 Å². The molecule has 230 valence electrons. The summed E-state index contributed by atoms with van der Waals surface area (Å²) in [7, 11) is -2.99. The summed E-state index contributed by atoms with van der Waals surface area (Å²) in [5, 5.41) is 0. The van der Waals surface area contributed by atoms with Gasteiger partial charge < -0.3 is 32.7 Å². The maximum atomic E-state index is 12.9. The van der Waals surface area contributed by atoms with Crippen LogP contribution in [0.4, 0.5) is 0 Å². The van der Waals surface area contributed by atoms with Crippen LogP contribution >= 0.6 is 7.60 Å². The highest BCUT2D eigenvalue weighted by atomic mass is 31.2. The number of rotatable bonds is 15. The molecule has 0 unspecified atom stereocenters. The van der Waals surface area contributed by atoms with Crippen molar-refractivity contribution in [2.45, 2.75) is 91.3 Å². The molecular formula is C31H53O8P. The molecule has 1 aromatic carbocycles. The van der Waals surface area contributed by atoms with Gasteiger partial charge in [-0.05, 0) is 64.7 Å². The first-order valence-corrected chi connectivity index (χ1v) is 16.9. The van der Waals surface area contributed by atoms with Crippen LogP contribution < -0.4 is 9.47 Å². The quantitative estimate of drug-likeness (QED) is 0.153. The Balaban J connectivity index is 1.64. The van der Waals surface area contributed by atoms with E-state index in [-0.39, 0.29) is 12.2 Å². The third-order valence-corrected chi connectivity index (χ3v) is 8.39. The molecule has 0 amide bonds. The third-order valence-electron chi connectivity index (χ3n) is 6.04. The number of allylic oxidation sites excluding steroid dienone is 1. The van der Waals surface area contributed by atoms with Crippen LogP contribution in [0.1, 0.15) is 84.6 Å². The molecule has 1 aromatic rings. The predicted molar refractivity (Wildman–Crippen MR) is 161 cm³/mol. The van der Waals surface area contributed by atoms with Crippen LogP contribution in [-0.2, 0) is 27.8 Å². The van der Waals surface area contributed by atoms with E-state index in [2.05, 4.69) is 18.2 Å². The standard InChI is InChI=1S/C31H53O8P/c1-27(2)38-40(32,39-28(3)4)25-13-11-9-7-5-6-8-10-12-14-29-15-16-30-31(26-29)37-24-22-35-20-18-33-17-19-34-21-23-36-30/h12,14-16,26-28H,5-11,13,17-25H2,1-4H3/b14-12+. The van der Waals surface area contributed by atoms with Crippen LogP contribution in [0.25, 0.3) is 6.08 Å². The minimum atomic E-state index is -2.99. The number of hydrogen-bond donors (Lipinski definition) is 0. The number of unbranched alkanes of at least 4 members (excludes halogenated alkanes) is 7. The van der Waals surface area contributed by atoms with Gasteiger partial charge in [0.1, 0.15) is 13.2 Å². The Hall–Kier alpha value is -1.41. The van der Waals surface area contributed by atoms with Gasteiger partial charge in [0.25, 0.3) is 0 Å². The summed E-state index contributed by atoms with van der Waals surface area (Å²) < 4.78 is 52.5. The summed E-state index contributed by atoms with van der Waals surface area (Å²) >= 11 is 0. The lowest BCUT2D eigenvalue weighted by Crippen LogP contribution is -2.13. The molecule has 0 atom stereocenters. The summed E-state index contributed by atoms with van der Waals surface area (Å²) in [6, 6.07) is 6.03. The molecule has 0 radical (unpaired) electrons. The molecule has 0 fully saturated rings. The lowest BCUT2D eigenvalue weighted by molar-refractivity contribution is 0.00708. The highest BCUT2D eigenvalue weighted by Gasteiger charge is 2.26. The first kappa shape index (κ1) is 34.8. The van der Waals surface area contributed by atoms with Crippen LogP contribution in [0.5, 0.6) is 11.5 Å². The van der Waals surface area contributed by atoms with Crippen molar-refractivity contribution in [1.29, 1.82) is 0 Å². The number of ether oxygens (including phenoxy) is 5. The van der Waals surface area contributed by atoms with E-state index in [1.807, 2.05) is 39.8 Å². The zero-order valence-corrected chi connectivity index (χ0v) is 26.2. The van der Waals surface area contributed by atoms with Crippen molar-refractivity contribution < 1.29 is 37.3 Å². The summed E-state index contributed by atoms with van der Waals surface area (Å²) in [6.45, 7) is 11.7. The van der Waals surface area contributed by atoms with Crippen molar-refractivity contribution >= 4 is 13.7 Å². The van der Waals surface area contributed by atoms with E-state index in [0.29, 0.717) is 59.0 Å². The van der Waals surface area contributed by atoms with E-state index in [4.69, 9.17) is 32.7 Å². The lowest BCUT2D eigenvalue weighted by Gasteiger charge is -2.22. The zero-order valence-electron chi connectivity index (χ0n) is 25.3. The van der Waals surface area contributed by atoms with E-state index < -0.39 is 7.60 Å². The second-order valence-corrected chi connectivity index (χ2v) is 12.6. The molecule has 0 saturated heterocycles. The molecule has 1 aliphatic heterocycles. The first-order chi connectivity index (χ1) is 19.4. The van der Waals surface area contributed by atoms with E-state index in [9.17, 15) is 4.57 Å². The Morgan fingerprint density at radius 3 is 1.77 bits per heavy atom. The van der Waals surface area contributed by atoms with Gasteiger partial charge in [-0.2, -0.15) is 0 Å². The molecule has 0 aromatic heterocycles. The molecule has 8 nitrogen and oxygen atoms in total. The number of benzene rings is 1. The van der Waals surface area contributed by atoms with Crippen molar-refractivity contribution in [2.24, 2.45) is 0 Å². The largest absolute Gasteiger partial charge is 0.487 e. The molecule has 0 spiro atoms. The van der Waals surface area contributed by atoms with Gasteiger partial charge in [-0.15, -0.1) is 0 Å². The smallest absolute Gasteiger partial charge is 0.331 e. The average molecular weight is 585 g/mol. The van der Waals surface area contributed by atoms with E-state index >= 15 is 0 Å². The van der Waals surface area contributed by atoms with Gasteiger partial charge in [-0.3, -0.25) is 4.57 Å². The predicted octanol–water partition coefficient (Wildman–Crippen LogP) is 7.68. The van der Waals surface area contributed by atoms with Crippen molar-refractivity contribution in [2.75, 3.05) is 59.0 Å². The van der Waals surface area contributed by atoms with Gasteiger partial charge in [-0.1, -0.05) is 50.3 Å². The van der Waals surface area contributed by atoms with Gasteiger partial charge >= 0.3 is 7.60 Å². The molecule has 2 rings (SSSR count). The Kier molecular flexibility index (Phi) is 18.5. The highest BCUT2D eigenvalue weighted by Crippen LogP contribution is 2.51. The fourth-order valence-electron chi connectivity index (χ4n) is 4.27. The van der Waals surface area contributed by atoms with Crippen LogP contribution in [0, 0.1) is 0 Å². The SMILES string of the molecule is CC(C)OP(=O)(CCCCCCCCC/C=C/c1ccc2c(c1)OCCOCCOCCOCCO2)OC(C)C. The van der Waals surface area contributed by atoms with Gasteiger partial charge in [0.15, 0.2) is 11.5 Å². The zero-order chi connectivity index (χ0) is 28.9. The Bertz CT molecular complexity index is 844. The fourth-order valence-corrected chi connectivity index (χ4v) is 6.42. The molecule has 40 heavy (non-hydrogen) atoms. The minimum Gasteiger partial charge on any atom is -0.487 e.